The van der Waals surface area contributed by atoms with Crippen molar-refractivity contribution in [3.8, 4) is 11.5 Å². The predicted molar refractivity (Wildman–Crippen MR) is 68.7 cm³/mol. The summed E-state index contributed by atoms with van der Waals surface area (Å²) in [6.45, 7) is 1.14. The first kappa shape index (κ1) is 12.6. The summed E-state index contributed by atoms with van der Waals surface area (Å²) in [6, 6.07) is 3.22. The van der Waals surface area contributed by atoms with E-state index in [-0.39, 0.29) is 12.7 Å². The molecule has 2 aliphatic heterocycles. The van der Waals surface area contributed by atoms with Gasteiger partial charge in [0.2, 0.25) is 6.79 Å². The number of β-amino-alcohol motifs (C(OH)–C–C–N with tert-alkyl or cyclic N) is 1. The van der Waals surface area contributed by atoms with E-state index < -0.39 is 6.10 Å². The third-order valence-corrected chi connectivity index (χ3v) is 3.64. The molecule has 0 unspecified atom stereocenters. The van der Waals surface area contributed by atoms with Gasteiger partial charge in [0.1, 0.15) is 0 Å². The van der Waals surface area contributed by atoms with E-state index >= 15 is 0 Å². The Morgan fingerprint density at radius 3 is 3.05 bits per heavy atom. The van der Waals surface area contributed by atoms with Crippen molar-refractivity contribution in [1.29, 1.82) is 0 Å². The van der Waals surface area contributed by atoms with E-state index in [4.69, 9.17) is 21.1 Å². The van der Waals surface area contributed by atoms with E-state index in [0.29, 0.717) is 35.2 Å². The Morgan fingerprint density at radius 2 is 2.26 bits per heavy atom. The Labute approximate surface area is 115 Å². The molecule has 0 radical (unpaired) electrons. The molecule has 19 heavy (non-hydrogen) atoms. The molecule has 0 aromatic heterocycles. The number of likely N-dealkylation sites (tertiary alicyclic amines) is 1. The zero-order valence-corrected chi connectivity index (χ0v) is 11.0. The maximum Gasteiger partial charge on any atom is 0.254 e. The monoisotopic (exact) mass is 283 g/mol. The van der Waals surface area contributed by atoms with Gasteiger partial charge in [0.15, 0.2) is 11.5 Å². The smallest absolute Gasteiger partial charge is 0.254 e. The van der Waals surface area contributed by atoms with Gasteiger partial charge in [-0.1, -0.05) is 11.6 Å². The second-order valence-electron chi connectivity index (χ2n) is 4.74. The summed E-state index contributed by atoms with van der Waals surface area (Å²) in [6.07, 6.45) is 1.11. The first-order chi connectivity index (χ1) is 9.15. The lowest BCUT2D eigenvalue weighted by atomic mass is 10.1. The molecule has 0 saturated carbocycles. The van der Waals surface area contributed by atoms with Crippen molar-refractivity contribution in [1.82, 2.24) is 4.90 Å². The summed E-state index contributed by atoms with van der Waals surface area (Å²) in [5.74, 6) is 0.837. The van der Waals surface area contributed by atoms with Crippen LogP contribution in [0.15, 0.2) is 12.1 Å². The minimum atomic E-state index is -0.442. The minimum Gasteiger partial charge on any atom is -0.454 e. The highest BCUT2D eigenvalue weighted by atomic mass is 35.5. The molecule has 1 atom stereocenters. The topological polar surface area (TPSA) is 59.0 Å². The van der Waals surface area contributed by atoms with Gasteiger partial charge in [0, 0.05) is 18.7 Å². The molecule has 1 amide bonds. The molecule has 1 saturated heterocycles. The summed E-state index contributed by atoms with van der Waals surface area (Å²) in [4.78, 5) is 14.0. The van der Waals surface area contributed by atoms with Crippen LogP contribution >= 0.6 is 11.6 Å². The van der Waals surface area contributed by atoms with Gasteiger partial charge in [0.05, 0.1) is 11.1 Å². The number of nitrogens with zero attached hydrogens (tertiary/aromatic N) is 1. The van der Waals surface area contributed by atoms with Crippen molar-refractivity contribution in [3.05, 3.63) is 22.7 Å². The second kappa shape index (κ2) is 4.90. The van der Waals surface area contributed by atoms with Crippen LogP contribution in [-0.2, 0) is 0 Å². The van der Waals surface area contributed by atoms with Gasteiger partial charge in [-0.25, -0.2) is 0 Å². The van der Waals surface area contributed by atoms with Crippen molar-refractivity contribution in [2.24, 2.45) is 0 Å². The number of hydrogen-bond donors (Lipinski definition) is 1. The van der Waals surface area contributed by atoms with E-state index in [9.17, 15) is 9.90 Å². The fourth-order valence-corrected chi connectivity index (χ4v) is 2.68. The van der Waals surface area contributed by atoms with Gasteiger partial charge >= 0.3 is 0 Å². The Morgan fingerprint density at radius 1 is 1.42 bits per heavy atom. The van der Waals surface area contributed by atoms with Crippen LogP contribution in [0, 0.1) is 0 Å². The largest absolute Gasteiger partial charge is 0.454 e. The summed E-state index contributed by atoms with van der Waals surface area (Å²) >= 11 is 6.06. The molecular formula is C13H14ClNO4. The third kappa shape index (κ3) is 2.35. The Balaban J connectivity index is 1.86. The number of hydrogen-bond acceptors (Lipinski definition) is 4. The van der Waals surface area contributed by atoms with Crippen LogP contribution < -0.4 is 9.47 Å². The van der Waals surface area contributed by atoms with E-state index in [1.807, 2.05) is 0 Å². The lowest BCUT2D eigenvalue weighted by Gasteiger charge is -2.30. The van der Waals surface area contributed by atoms with Crippen LogP contribution in [0.25, 0.3) is 0 Å². The van der Waals surface area contributed by atoms with Gasteiger partial charge in [-0.15, -0.1) is 0 Å². The maximum atomic E-state index is 12.4. The molecule has 1 aromatic carbocycles. The average molecular weight is 284 g/mol. The Bertz CT molecular complexity index is 520. The van der Waals surface area contributed by atoms with Gasteiger partial charge in [-0.05, 0) is 25.0 Å². The third-order valence-electron chi connectivity index (χ3n) is 3.36. The van der Waals surface area contributed by atoms with Crippen molar-refractivity contribution in [2.75, 3.05) is 19.9 Å². The number of rotatable bonds is 1. The molecular weight excluding hydrogens is 270 g/mol. The summed E-state index contributed by atoms with van der Waals surface area (Å²) in [7, 11) is 0. The molecule has 0 aliphatic carbocycles. The first-order valence-electron chi connectivity index (χ1n) is 6.21. The molecule has 0 bridgehead atoms. The fraction of sp³-hybridized carbons (Fsp3) is 0.462. The molecule has 3 rings (SSSR count). The number of amides is 1. The average Bonchev–Trinajstić information content (AvgIpc) is 2.86. The van der Waals surface area contributed by atoms with E-state index in [0.717, 1.165) is 12.8 Å². The number of carbonyl (C=O) groups is 1. The number of aliphatic hydroxyl groups is 1. The van der Waals surface area contributed by atoms with Gasteiger partial charge in [-0.3, -0.25) is 4.79 Å². The van der Waals surface area contributed by atoms with Crippen LogP contribution in [0.1, 0.15) is 23.2 Å². The molecule has 1 fully saturated rings. The van der Waals surface area contributed by atoms with Crippen molar-refractivity contribution in [3.63, 3.8) is 0 Å². The number of benzene rings is 1. The number of aliphatic hydroxyl groups excluding tert-OH is 1. The van der Waals surface area contributed by atoms with Crippen LogP contribution in [0.3, 0.4) is 0 Å². The van der Waals surface area contributed by atoms with Crippen LogP contribution in [0.5, 0.6) is 11.5 Å². The molecule has 5 nitrogen and oxygen atoms in total. The fourth-order valence-electron chi connectivity index (χ4n) is 2.41. The van der Waals surface area contributed by atoms with E-state index in [1.54, 1.807) is 17.0 Å². The quantitative estimate of drug-likeness (QED) is 0.852. The van der Waals surface area contributed by atoms with E-state index in [1.165, 1.54) is 0 Å². The number of piperidine rings is 1. The number of ether oxygens (including phenoxy) is 2. The highest BCUT2D eigenvalue weighted by Crippen LogP contribution is 2.40. The van der Waals surface area contributed by atoms with Gasteiger partial charge < -0.3 is 19.5 Å². The number of halogens is 1. The van der Waals surface area contributed by atoms with Crippen molar-refractivity contribution in [2.45, 2.75) is 18.9 Å². The zero-order valence-electron chi connectivity index (χ0n) is 10.3. The second-order valence-corrected chi connectivity index (χ2v) is 5.15. The molecule has 2 heterocycles. The molecule has 0 spiro atoms. The summed E-state index contributed by atoms with van der Waals surface area (Å²) in [5, 5.41) is 9.99. The molecule has 1 N–H and O–H groups in total. The number of carbonyl (C=O) groups excluding carboxylic acids is 1. The highest BCUT2D eigenvalue weighted by Gasteiger charge is 2.26. The van der Waals surface area contributed by atoms with Crippen molar-refractivity contribution >= 4 is 17.5 Å². The van der Waals surface area contributed by atoms with Gasteiger partial charge in [-0.2, -0.15) is 0 Å². The summed E-state index contributed by atoms with van der Waals surface area (Å²) < 4.78 is 10.5. The minimum absolute atomic E-state index is 0.120. The van der Waals surface area contributed by atoms with Crippen molar-refractivity contribution < 1.29 is 19.4 Å². The molecule has 102 valence electrons. The van der Waals surface area contributed by atoms with Crippen LogP contribution in [-0.4, -0.2) is 41.9 Å². The van der Waals surface area contributed by atoms with Crippen LogP contribution in [0.4, 0.5) is 0 Å². The lowest BCUT2D eigenvalue weighted by molar-refractivity contribution is 0.0473. The lowest BCUT2D eigenvalue weighted by Crippen LogP contribution is -2.42. The molecule has 1 aromatic rings. The SMILES string of the molecule is O=C(c1cc(Cl)c2c(c1)OCO2)N1CCC[C@H](O)C1. The Kier molecular flexibility index (Phi) is 3.24. The molecule has 6 heteroatoms. The Hall–Kier alpha value is -1.46. The molecule has 2 aliphatic rings. The number of fused-ring (bicyclic) bond motifs is 1. The summed E-state index contributed by atoms with van der Waals surface area (Å²) in [5.41, 5.74) is 0.461. The highest BCUT2D eigenvalue weighted by molar-refractivity contribution is 6.32. The zero-order chi connectivity index (χ0) is 13.4. The standard InChI is InChI=1S/C13H14ClNO4/c14-10-4-8(5-11-12(10)19-7-18-11)13(17)15-3-1-2-9(16)6-15/h4-5,9,16H,1-3,6-7H2/t9-/m0/s1. The first-order valence-corrected chi connectivity index (χ1v) is 6.59. The van der Waals surface area contributed by atoms with Crippen LogP contribution in [0.2, 0.25) is 5.02 Å². The normalized spacial score (nSPS) is 21.6. The van der Waals surface area contributed by atoms with Gasteiger partial charge in [0.25, 0.3) is 5.91 Å². The maximum absolute atomic E-state index is 12.4. The predicted octanol–water partition coefficient (Wildman–Crippen LogP) is 1.67. The van der Waals surface area contributed by atoms with E-state index in [2.05, 4.69) is 0 Å².